The number of thioether (sulfide) groups is 1. The largest absolute Gasteiger partial charge is 0.396 e. The van der Waals surface area contributed by atoms with Crippen molar-refractivity contribution in [2.75, 3.05) is 12.4 Å². The maximum atomic E-state index is 11.2. The predicted octanol–water partition coefficient (Wildman–Crippen LogP) is 2.17. The van der Waals surface area contributed by atoms with Crippen LogP contribution in [0.5, 0.6) is 0 Å². The minimum Gasteiger partial charge on any atom is -0.396 e. The van der Waals surface area contributed by atoms with Crippen molar-refractivity contribution in [2.24, 2.45) is 13.0 Å². The van der Waals surface area contributed by atoms with Crippen LogP contribution in [0, 0.1) is 16.0 Å². The van der Waals surface area contributed by atoms with E-state index in [2.05, 4.69) is 5.10 Å². The van der Waals surface area contributed by atoms with Gasteiger partial charge in [0, 0.05) is 25.3 Å². The summed E-state index contributed by atoms with van der Waals surface area (Å²) in [4.78, 5) is 10.8. The first kappa shape index (κ1) is 15.0. The zero-order valence-electron chi connectivity index (χ0n) is 11.1. The lowest BCUT2D eigenvalue weighted by molar-refractivity contribution is -0.388. The van der Waals surface area contributed by atoms with Gasteiger partial charge in [-0.1, -0.05) is 32.5 Å². The molecule has 0 saturated carbocycles. The molecule has 1 heterocycles. The van der Waals surface area contributed by atoms with Gasteiger partial charge in [-0.2, -0.15) is 5.10 Å². The van der Waals surface area contributed by atoms with Crippen LogP contribution in [0.1, 0.15) is 32.4 Å². The molecule has 0 aliphatic rings. The second-order valence-electron chi connectivity index (χ2n) is 4.67. The average molecular weight is 273 g/mol. The van der Waals surface area contributed by atoms with E-state index in [-0.39, 0.29) is 29.1 Å². The van der Waals surface area contributed by atoms with E-state index in [4.69, 9.17) is 5.11 Å². The summed E-state index contributed by atoms with van der Waals surface area (Å²) >= 11 is 1.37. The number of hydrogen-bond donors (Lipinski definition) is 1. The van der Waals surface area contributed by atoms with E-state index in [9.17, 15) is 10.1 Å². The smallest absolute Gasteiger partial charge is 0.324 e. The second-order valence-corrected chi connectivity index (χ2v) is 5.68. The van der Waals surface area contributed by atoms with Gasteiger partial charge in [0.15, 0.2) is 5.03 Å². The SMILES string of the molecule is CC(CO)CSc1c([N+](=O)[O-])c(C(C)C)nn1C. The van der Waals surface area contributed by atoms with Crippen LogP contribution in [0.25, 0.3) is 0 Å². The Morgan fingerprint density at radius 2 is 2.11 bits per heavy atom. The van der Waals surface area contributed by atoms with Crippen molar-refractivity contribution in [1.82, 2.24) is 9.78 Å². The van der Waals surface area contributed by atoms with Gasteiger partial charge in [-0.25, -0.2) is 0 Å². The third-order valence-electron chi connectivity index (χ3n) is 2.54. The Kier molecular flexibility index (Phi) is 5.15. The Balaban J connectivity index is 3.06. The number of nitro groups is 1. The van der Waals surface area contributed by atoms with Gasteiger partial charge in [0.05, 0.1) is 4.92 Å². The molecule has 18 heavy (non-hydrogen) atoms. The Bertz CT molecular complexity index is 431. The number of hydrogen-bond acceptors (Lipinski definition) is 5. The molecule has 0 saturated heterocycles. The van der Waals surface area contributed by atoms with Crippen LogP contribution in [-0.2, 0) is 7.05 Å². The summed E-state index contributed by atoms with van der Waals surface area (Å²) in [5.74, 6) is 0.752. The number of aromatic nitrogens is 2. The van der Waals surface area contributed by atoms with Crippen molar-refractivity contribution >= 4 is 17.4 Å². The molecule has 0 aliphatic heterocycles. The lowest BCUT2D eigenvalue weighted by atomic mass is 10.1. The van der Waals surface area contributed by atoms with Crippen LogP contribution in [0.3, 0.4) is 0 Å². The molecule has 1 N–H and O–H groups in total. The summed E-state index contributed by atoms with van der Waals surface area (Å²) in [7, 11) is 1.71. The molecular weight excluding hydrogens is 254 g/mol. The molecule has 102 valence electrons. The monoisotopic (exact) mass is 273 g/mol. The Labute approximate surface area is 111 Å². The molecule has 7 heteroatoms. The van der Waals surface area contributed by atoms with Crippen LogP contribution < -0.4 is 0 Å². The topological polar surface area (TPSA) is 81.2 Å². The minimum atomic E-state index is -0.367. The van der Waals surface area contributed by atoms with Crippen molar-refractivity contribution in [3.63, 3.8) is 0 Å². The zero-order chi connectivity index (χ0) is 13.9. The first-order valence-electron chi connectivity index (χ1n) is 5.83. The average Bonchev–Trinajstić information content (AvgIpc) is 2.63. The van der Waals surface area contributed by atoms with Gasteiger partial charge in [0.2, 0.25) is 0 Å². The molecule has 1 rings (SSSR count). The fraction of sp³-hybridized carbons (Fsp3) is 0.727. The van der Waals surface area contributed by atoms with Gasteiger partial charge < -0.3 is 5.11 Å². The molecule has 0 aromatic carbocycles. The standard InChI is InChI=1S/C11H19N3O3S/c1-7(2)9-10(14(16)17)11(13(4)12-9)18-6-8(3)5-15/h7-8,15H,5-6H2,1-4H3. The van der Waals surface area contributed by atoms with Gasteiger partial charge in [-0.15, -0.1) is 0 Å². The third kappa shape index (κ3) is 3.23. The Morgan fingerprint density at radius 1 is 1.50 bits per heavy atom. The third-order valence-corrected chi connectivity index (χ3v) is 4.01. The summed E-state index contributed by atoms with van der Waals surface area (Å²) in [5.41, 5.74) is 0.615. The summed E-state index contributed by atoms with van der Waals surface area (Å²) in [6, 6.07) is 0. The lowest BCUT2D eigenvalue weighted by Gasteiger charge is -2.06. The molecule has 1 aromatic rings. The highest BCUT2D eigenvalue weighted by atomic mass is 32.2. The van der Waals surface area contributed by atoms with Gasteiger partial charge in [-0.05, 0) is 5.92 Å². The van der Waals surface area contributed by atoms with E-state index in [1.165, 1.54) is 11.8 Å². The van der Waals surface area contributed by atoms with Crippen LogP contribution >= 0.6 is 11.8 Å². The van der Waals surface area contributed by atoms with Crippen LogP contribution in [-0.4, -0.2) is 32.2 Å². The zero-order valence-corrected chi connectivity index (χ0v) is 11.9. The van der Waals surface area contributed by atoms with E-state index in [0.29, 0.717) is 16.5 Å². The maximum Gasteiger partial charge on any atom is 0.324 e. The van der Waals surface area contributed by atoms with E-state index in [0.717, 1.165) is 0 Å². The van der Waals surface area contributed by atoms with Crippen molar-refractivity contribution < 1.29 is 10.0 Å². The number of rotatable bonds is 6. The van der Waals surface area contributed by atoms with Crippen LogP contribution in [0.2, 0.25) is 0 Å². The van der Waals surface area contributed by atoms with E-state index in [1.807, 2.05) is 20.8 Å². The molecule has 1 atom stereocenters. The fourth-order valence-electron chi connectivity index (χ4n) is 1.51. The Hall–Kier alpha value is -1.08. The van der Waals surface area contributed by atoms with Gasteiger partial charge in [0.1, 0.15) is 5.69 Å². The molecule has 0 fully saturated rings. The van der Waals surface area contributed by atoms with E-state index in [1.54, 1.807) is 11.7 Å². The van der Waals surface area contributed by atoms with Crippen molar-refractivity contribution in [3.05, 3.63) is 15.8 Å². The molecule has 0 aliphatic carbocycles. The molecule has 0 bridgehead atoms. The van der Waals surface area contributed by atoms with Crippen LogP contribution in [0.4, 0.5) is 5.69 Å². The van der Waals surface area contributed by atoms with Crippen molar-refractivity contribution in [2.45, 2.75) is 31.7 Å². The highest BCUT2D eigenvalue weighted by Crippen LogP contribution is 2.36. The molecular formula is C11H19N3O3S. The minimum absolute atomic E-state index is 0.0150. The van der Waals surface area contributed by atoms with E-state index < -0.39 is 0 Å². The highest BCUT2D eigenvalue weighted by molar-refractivity contribution is 7.99. The maximum absolute atomic E-state index is 11.2. The van der Waals surface area contributed by atoms with Crippen molar-refractivity contribution in [3.8, 4) is 0 Å². The molecule has 1 aromatic heterocycles. The highest BCUT2D eigenvalue weighted by Gasteiger charge is 2.28. The number of aryl methyl sites for hydroxylation is 1. The molecule has 0 spiro atoms. The molecule has 1 unspecified atom stereocenters. The first-order valence-corrected chi connectivity index (χ1v) is 6.82. The van der Waals surface area contributed by atoms with Crippen LogP contribution in [0.15, 0.2) is 5.03 Å². The quantitative estimate of drug-likeness (QED) is 0.488. The molecule has 6 nitrogen and oxygen atoms in total. The van der Waals surface area contributed by atoms with Gasteiger partial charge in [0.25, 0.3) is 0 Å². The summed E-state index contributed by atoms with van der Waals surface area (Å²) < 4.78 is 1.56. The second kappa shape index (κ2) is 6.19. The fourth-order valence-corrected chi connectivity index (χ4v) is 2.60. The normalized spacial score (nSPS) is 13.0. The molecule has 0 radical (unpaired) electrons. The Morgan fingerprint density at radius 3 is 2.56 bits per heavy atom. The first-order chi connectivity index (χ1) is 8.38. The number of aliphatic hydroxyl groups is 1. The van der Waals surface area contributed by atoms with Gasteiger partial charge >= 0.3 is 5.69 Å². The van der Waals surface area contributed by atoms with E-state index >= 15 is 0 Å². The predicted molar refractivity (Wildman–Crippen MR) is 70.9 cm³/mol. The summed E-state index contributed by atoms with van der Waals surface area (Å²) in [5, 5.41) is 24.9. The van der Waals surface area contributed by atoms with Crippen molar-refractivity contribution in [1.29, 1.82) is 0 Å². The number of aliphatic hydroxyl groups excluding tert-OH is 1. The lowest BCUT2D eigenvalue weighted by Crippen LogP contribution is -2.05. The molecule has 0 amide bonds. The van der Waals surface area contributed by atoms with Gasteiger partial charge in [-0.3, -0.25) is 14.8 Å². The summed E-state index contributed by atoms with van der Waals surface area (Å²) in [6.45, 7) is 5.76. The summed E-state index contributed by atoms with van der Waals surface area (Å²) in [6.07, 6.45) is 0. The number of nitrogens with zero attached hydrogens (tertiary/aromatic N) is 3.